The van der Waals surface area contributed by atoms with Crippen LogP contribution in [0.3, 0.4) is 0 Å². The van der Waals surface area contributed by atoms with Crippen LogP contribution >= 0.6 is 0 Å². The Labute approximate surface area is 112 Å². The maximum Gasteiger partial charge on any atom is 0.224 e. The summed E-state index contributed by atoms with van der Waals surface area (Å²) < 4.78 is 5.64. The number of fused-ring (bicyclic) bond motifs is 1. The number of ether oxygens (including phenoxy) is 1. The van der Waals surface area contributed by atoms with Crippen molar-refractivity contribution < 1.29 is 14.6 Å². The van der Waals surface area contributed by atoms with Gasteiger partial charge in [-0.3, -0.25) is 4.79 Å². The van der Waals surface area contributed by atoms with E-state index in [1.54, 1.807) is 0 Å². The fourth-order valence-electron chi connectivity index (χ4n) is 2.82. The molecule has 2 aliphatic heterocycles. The Bertz CT molecular complexity index is 480. The Kier molecular flexibility index (Phi) is 3.53. The van der Waals surface area contributed by atoms with Gasteiger partial charge in [0.1, 0.15) is 6.10 Å². The highest BCUT2D eigenvalue weighted by atomic mass is 16.5. The number of amides is 1. The number of hydrogen-bond donors (Lipinski definition) is 2. The molecule has 0 aliphatic carbocycles. The van der Waals surface area contributed by atoms with E-state index in [9.17, 15) is 9.90 Å². The molecular formula is C15H19NO3. The van der Waals surface area contributed by atoms with Crippen LogP contribution in [0.15, 0.2) is 18.2 Å². The van der Waals surface area contributed by atoms with E-state index in [1.165, 1.54) is 0 Å². The standard InChI is InChI=1S/C15H19NO3/c17-14-7-5-10-9-11(4-6-12(10)16-14)15(18)13-3-1-2-8-19-13/h4,6,9,13,15,18H,1-3,5,7-8H2,(H,16,17). The summed E-state index contributed by atoms with van der Waals surface area (Å²) in [6.45, 7) is 0.739. The summed E-state index contributed by atoms with van der Waals surface area (Å²) in [5.41, 5.74) is 2.87. The van der Waals surface area contributed by atoms with Crippen molar-refractivity contribution in [3.8, 4) is 0 Å². The average molecular weight is 261 g/mol. The van der Waals surface area contributed by atoms with Gasteiger partial charge in [0.25, 0.3) is 0 Å². The van der Waals surface area contributed by atoms with E-state index >= 15 is 0 Å². The van der Waals surface area contributed by atoms with Crippen molar-refractivity contribution in [1.29, 1.82) is 0 Å². The minimum absolute atomic E-state index is 0.0661. The molecule has 102 valence electrons. The van der Waals surface area contributed by atoms with Crippen molar-refractivity contribution in [1.82, 2.24) is 0 Å². The van der Waals surface area contributed by atoms with Crippen molar-refractivity contribution in [2.45, 2.75) is 44.3 Å². The van der Waals surface area contributed by atoms with E-state index in [-0.39, 0.29) is 12.0 Å². The molecule has 0 saturated carbocycles. The molecule has 1 fully saturated rings. The molecule has 2 aliphatic rings. The number of carbonyl (C=O) groups is 1. The molecule has 0 spiro atoms. The molecule has 4 nitrogen and oxygen atoms in total. The lowest BCUT2D eigenvalue weighted by atomic mass is 9.94. The third kappa shape index (κ3) is 2.65. The van der Waals surface area contributed by atoms with Gasteiger partial charge in [0.2, 0.25) is 5.91 Å². The van der Waals surface area contributed by atoms with Crippen LogP contribution in [-0.4, -0.2) is 23.7 Å². The fraction of sp³-hybridized carbons (Fsp3) is 0.533. The summed E-state index contributed by atoms with van der Waals surface area (Å²) in [4.78, 5) is 11.3. The van der Waals surface area contributed by atoms with Gasteiger partial charge >= 0.3 is 0 Å². The van der Waals surface area contributed by atoms with Gasteiger partial charge in [-0.1, -0.05) is 12.1 Å². The first-order valence-electron chi connectivity index (χ1n) is 6.96. The monoisotopic (exact) mass is 261 g/mol. The SMILES string of the molecule is O=C1CCc2cc(C(O)C3CCCCO3)ccc2N1. The smallest absolute Gasteiger partial charge is 0.224 e. The third-order valence-corrected chi connectivity index (χ3v) is 3.93. The number of aliphatic hydroxyl groups is 1. The van der Waals surface area contributed by atoms with E-state index in [1.807, 2.05) is 18.2 Å². The van der Waals surface area contributed by atoms with Crippen LogP contribution in [0.2, 0.25) is 0 Å². The highest BCUT2D eigenvalue weighted by molar-refractivity contribution is 5.93. The number of aryl methyl sites for hydroxylation is 1. The highest BCUT2D eigenvalue weighted by Crippen LogP contribution is 2.30. The van der Waals surface area contributed by atoms with E-state index in [0.29, 0.717) is 6.42 Å². The molecule has 4 heteroatoms. The Morgan fingerprint density at radius 2 is 2.21 bits per heavy atom. The largest absolute Gasteiger partial charge is 0.386 e. The van der Waals surface area contributed by atoms with E-state index in [4.69, 9.17) is 4.74 Å². The third-order valence-electron chi connectivity index (χ3n) is 3.93. The van der Waals surface area contributed by atoms with E-state index in [0.717, 1.165) is 49.1 Å². The highest BCUT2D eigenvalue weighted by Gasteiger charge is 2.25. The minimum Gasteiger partial charge on any atom is -0.386 e. The normalized spacial score (nSPS) is 24.5. The number of carbonyl (C=O) groups excluding carboxylic acids is 1. The number of nitrogens with one attached hydrogen (secondary N) is 1. The van der Waals surface area contributed by atoms with Gasteiger partial charge in [0.15, 0.2) is 0 Å². The Hall–Kier alpha value is -1.39. The average Bonchev–Trinajstić information content (AvgIpc) is 2.47. The summed E-state index contributed by atoms with van der Waals surface area (Å²) in [5.74, 6) is 0.0661. The second-order valence-electron chi connectivity index (χ2n) is 5.31. The van der Waals surface area contributed by atoms with Crippen molar-refractivity contribution >= 4 is 11.6 Å². The van der Waals surface area contributed by atoms with Gasteiger partial charge in [0, 0.05) is 18.7 Å². The van der Waals surface area contributed by atoms with Crippen LogP contribution in [0, 0.1) is 0 Å². The molecule has 19 heavy (non-hydrogen) atoms. The molecule has 1 saturated heterocycles. The first-order chi connectivity index (χ1) is 9.24. The maximum absolute atomic E-state index is 11.3. The molecule has 2 N–H and O–H groups in total. The van der Waals surface area contributed by atoms with E-state index < -0.39 is 6.10 Å². The topological polar surface area (TPSA) is 58.6 Å². The summed E-state index contributed by atoms with van der Waals surface area (Å²) in [5, 5.41) is 13.2. The van der Waals surface area contributed by atoms with Gasteiger partial charge < -0.3 is 15.2 Å². The second kappa shape index (κ2) is 5.31. The van der Waals surface area contributed by atoms with Crippen molar-refractivity contribution in [3.63, 3.8) is 0 Å². The molecule has 3 rings (SSSR count). The van der Waals surface area contributed by atoms with Crippen LogP contribution in [-0.2, 0) is 16.0 Å². The first kappa shape index (κ1) is 12.6. The summed E-state index contributed by atoms with van der Waals surface area (Å²) in [6.07, 6.45) is 3.71. The van der Waals surface area contributed by atoms with Crippen molar-refractivity contribution in [3.05, 3.63) is 29.3 Å². The van der Waals surface area contributed by atoms with Gasteiger partial charge in [0.05, 0.1) is 6.10 Å². The molecular weight excluding hydrogens is 242 g/mol. The molecule has 2 heterocycles. The van der Waals surface area contributed by atoms with Gasteiger partial charge in [-0.25, -0.2) is 0 Å². The lowest BCUT2D eigenvalue weighted by molar-refractivity contribution is -0.116. The quantitative estimate of drug-likeness (QED) is 0.857. The summed E-state index contributed by atoms with van der Waals surface area (Å²) >= 11 is 0. The lowest BCUT2D eigenvalue weighted by Gasteiger charge is -2.28. The molecule has 0 radical (unpaired) electrons. The number of hydrogen-bond acceptors (Lipinski definition) is 3. The lowest BCUT2D eigenvalue weighted by Crippen LogP contribution is -2.26. The molecule has 1 aromatic rings. The van der Waals surface area contributed by atoms with Gasteiger partial charge in [-0.2, -0.15) is 0 Å². The number of aliphatic hydroxyl groups excluding tert-OH is 1. The Morgan fingerprint density at radius 1 is 1.32 bits per heavy atom. The zero-order valence-corrected chi connectivity index (χ0v) is 10.9. The van der Waals surface area contributed by atoms with Gasteiger partial charge in [-0.15, -0.1) is 0 Å². The van der Waals surface area contributed by atoms with Crippen molar-refractivity contribution in [2.24, 2.45) is 0 Å². The summed E-state index contributed by atoms with van der Waals surface area (Å²) in [6, 6.07) is 5.76. The predicted octanol–water partition coefficient (Wildman–Crippen LogP) is 2.17. The number of anilines is 1. The predicted molar refractivity (Wildman–Crippen MR) is 71.9 cm³/mol. The fourth-order valence-corrected chi connectivity index (χ4v) is 2.82. The number of benzene rings is 1. The molecule has 0 bridgehead atoms. The van der Waals surface area contributed by atoms with E-state index in [2.05, 4.69) is 5.32 Å². The second-order valence-corrected chi connectivity index (χ2v) is 5.31. The maximum atomic E-state index is 11.3. The van der Waals surface area contributed by atoms with Gasteiger partial charge in [-0.05, 0) is 42.9 Å². The zero-order chi connectivity index (χ0) is 13.2. The van der Waals surface area contributed by atoms with Crippen LogP contribution < -0.4 is 5.32 Å². The first-order valence-corrected chi connectivity index (χ1v) is 6.96. The molecule has 2 unspecified atom stereocenters. The molecule has 0 aromatic heterocycles. The molecule has 1 aromatic carbocycles. The molecule has 1 amide bonds. The Balaban J connectivity index is 1.79. The van der Waals surface area contributed by atoms with Crippen LogP contribution in [0.1, 0.15) is 42.9 Å². The number of rotatable bonds is 2. The van der Waals surface area contributed by atoms with Crippen LogP contribution in [0.25, 0.3) is 0 Å². The Morgan fingerprint density at radius 3 is 3.00 bits per heavy atom. The summed E-state index contributed by atoms with van der Waals surface area (Å²) in [7, 11) is 0. The van der Waals surface area contributed by atoms with Crippen molar-refractivity contribution in [2.75, 3.05) is 11.9 Å². The zero-order valence-electron chi connectivity index (χ0n) is 10.9. The minimum atomic E-state index is -0.566. The molecule has 2 atom stereocenters. The van der Waals surface area contributed by atoms with Crippen LogP contribution in [0.4, 0.5) is 5.69 Å². The van der Waals surface area contributed by atoms with Crippen LogP contribution in [0.5, 0.6) is 0 Å².